The number of aryl methyl sites for hydroxylation is 1. The van der Waals surface area contributed by atoms with E-state index in [1.807, 2.05) is 79.7 Å². The van der Waals surface area contributed by atoms with E-state index in [9.17, 15) is 10.1 Å². The van der Waals surface area contributed by atoms with Gasteiger partial charge in [-0.15, -0.1) is 0 Å². The summed E-state index contributed by atoms with van der Waals surface area (Å²) in [6, 6.07) is 23.2. The van der Waals surface area contributed by atoms with Crippen molar-refractivity contribution >= 4 is 28.4 Å². The molecule has 3 aromatic rings. The molecule has 1 amide bonds. The second-order valence-corrected chi connectivity index (χ2v) is 5.51. The van der Waals surface area contributed by atoms with Crippen molar-refractivity contribution in [2.45, 2.75) is 6.92 Å². The standard InChI is InChI=1S/C21H16N2O/c1-15-7-2-3-9-17(15)13-18(14-22)21(24)23-20-12-6-10-16-8-4-5-11-19(16)20/h2-13H,1H3,(H,23,24)/b18-13+. The number of nitriles is 1. The van der Waals surface area contributed by atoms with Gasteiger partial charge >= 0.3 is 0 Å². The molecule has 3 nitrogen and oxygen atoms in total. The first-order valence-corrected chi connectivity index (χ1v) is 7.65. The number of carbonyl (C=O) groups is 1. The second kappa shape index (κ2) is 6.80. The minimum Gasteiger partial charge on any atom is -0.321 e. The molecule has 0 unspecified atom stereocenters. The predicted octanol–water partition coefficient (Wildman–Crippen LogP) is 4.69. The van der Waals surface area contributed by atoms with Crippen LogP contribution in [0.4, 0.5) is 5.69 Å². The molecule has 3 aromatic carbocycles. The summed E-state index contributed by atoms with van der Waals surface area (Å²) in [5.74, 6) is -0.405. The van der Waals surface area contributed by atoms with Crippen LogP contribution in [-0.2, 0) is 4.79 Å². The van der Waals surface area contributed by atoms with E-state index >= 15 is 0 Å². The highest BCUT2D eigenvalue weighted by Crippen LogP contribution is 2.23. The van der Waals surface area contributed by atoms with Crippen LogP contribution < -0.4 is 5.32 Å². The molecular formula is C21H16N2O. The summed E-state index contributed by atoms with van der Waals surface area (Å²) >= 11 is 0. The number of hydrogen-bond acceptors (Lipinski definition) is 2. The maximum atomic E-state index is 12.5. The molecule has 0 aromatic heterocycles. The number of benzene rings is 3. The summed E-state index contributed by atoms with van der Waals surface area (Å²) in [6.45, 7) is 1.95. The lowest BCUT2D eigenvalue weighted by Gasteiger charge is -2.08. The van der Waals surface area contributed by atoms with Crippen molar-refractivity contribution in [3.05, 3.63) is 83.4 Å². The van der Waals surface area contributed by atoms with E-state index in [0.29, 0.717) is 5.69 Å². The molecule has 0 aliphatic rings. The zero-order valence-corrected chi connectivity index (χ0v) is 13.3. The van der Waals surface area contributed by atoms with Crippen LogP contribution in [-0.4, -0.2) is 5.91 Å². The van der Waals surface area contributed by atoms with Crippen LogP contribution in [0.3, 0.4) is 0 Å². The van der Waals surface area contributed by atoms with Crippen molar-refractivity contribution in [1.82, 2.24) is 0 Å². The number of amides is 1. The number of rotatable bonds is 3. The van der Waals surface area contributed by atoms with Crippen molar-refractivity contribution in [3.8, 4) is 6.07 Å². The van der Waals surface area contributed by atoms with E-state index in [1.54, 1.807) is 6.08 Å². The van der Waals surface area contributed by atoms with Crippen LogP contribution in [0, 0.1) is 18.3 Å². The topological polar surface area (TPSA) is 52.9 Å². The Bertz CT molecular complexity index is 975. The van der Waals surface area contributed by atoms with Gasteiger partial charge in [0.1, 0.15) is 11.6 Å². The Morgan fingerprint density at radius 1 is 1.00 bits per heavy atom. The van der Waals surface area contributed by atoms with Crippen LogP contribution >= 0.6 is 0 Å². The quantitative estimate of drug-likeness (QED) is 0.563. The van der Waals surface area contributed by atoms with Gasteiger partial charge in [-0.3, -0.25) is 4.79 Å². The highest BCUT2D eigenvalue weighted by molar-refractivity contribution is 6.12. The minimum atomic E-state index is -0.405. The van der Waals surface area contributed by atoms with Gasteiger partial charge in [-0.2, -0.15) is 5.26 Å². The molecule has 24 heavy (non-hydrogen) atoms. The van der Waals surface area contributed by atoms with Gasteiger partial charge < -0.3 is 5.32 Å². The van der Waals surface area contributed by atoms with E-state index in [1.165, 1.54) is 0 Å². The van der Waals surface area contributed by atoms with Crippen molar-refractivity contribution in [1.29, 1.82) is 5.26 Å². The summed E-state index contributed by atoms with van der Waals surface area (Å²) in [5, 5.41) is 14.2. The van der Waals surface area contributed by atoms with Gasteiger partial charge in [-0.1, -0.05) is 60.7 Å². The fourth-order valence-corrected chi connectivity index (χ4v) is 2.58. The van der Waals surface area contributed by atoms with E-state index in [2.05, 4.69) is 5.32 Å². The van der Waals surface area contributed by atoms with Gasteiger partial charge in [0.2, 0.25) is 0 Å². The Labute approximate surface area is 140 Å². The van der Waals surface area contributed by atoms with Gasteiger partial charge in [-0.05, 0) is 35.6 Å². The third-order valence-corrected chi connectivity index (χ3v) is 3.89. The van der Waals surface area contributed by atoms with Crippen molar-refractivity contribution in [2.24, 2.45) is 0 Å². The molecule has 0 fully saturated rings. The minimum absolute atomic E-state index is 0.0808. The molecule has 0 spiro atoms. The van der Waals surface area contributed by atoms with Crippen LogP contribution in [0.5, 0.6) is 0 Å². The lowest BCUT2D eigenvalue weighted by atomic mass is 10.1. The number of nitrogens with one attached hydrogen (secondary N) is 1. The SMILES string of the molecule is Cc1ccccc1/C=C(\C#N)C(=O)Nc1cccc2ccccc12. The number of fused-ring (bicyclic) bond motifs is 1. The van der Waals surface area contributed by atoms with E-state index < -0.39 is 5.91 Å². The van der Waals surface area contributed by atoms with Gasteiger partial charge in [-0.25, -0.2) is 0 Å². The molecule has 0 heterocycles. The second-order valence-electron chi connectivity index (χ2n) is 5.51. The zero-order chi connectivity index (χ0) is 16.9. The molecule has 1 N–H and O–H groups in total. The van der Waals surface area contributed by atoms with Crippen LogP contribution in [0.15, 0.2) is 72.3 Å². The van der Waals surface area contributed by atoms with Crippen LogP contribution in [0.25, 0.3) is 16.8 Å². The Hall–Kier alpha value is -3.38. The Morgan fingerprint density at radius 2 is 1.71 bits per heavy atom. The van der Waals surface area contributed by atoms with Crippen molar-refractivity contribution in [3.63, 3.8) is 0 Å². The molecule has 3 heteroatoms. The monoisotopic (exact) mass is 312 g/mol. The first-order valence-electron chi connectivity index (χ1n) is 7.65. The number of anilines is 1. The van der Waals surface area contributed by atoms with Crippen LogP contribution in [0.1, 0.15) is 11.1 Å². The molecule has 0 aliphatic carbocycles. The summed E-state index contributed by atoms with van der Waals surface area (Å²) in [7, 11) is 0. The van der Waals surface area contributed by atoms with E-state index in [0.717, 1.165) is 21.9 Å². The molecule has 0 saturated carbocycles. The molecule has 0 atom stereocenters. The summed E-state index contributed by atoms with van der Waals surface area (Å²) in [6.07, 6.45) is 1.62. The fraction of sp³-hybridized carbons (Fsp3) is 0.0476. The molecule has 0 aliphatic heterocycles. The third kappa shape index (κ3) is 3.18. The van der Waals surface area contributed by atoms with Gasteiger partial charge in [0.25, 0.3) is 5.91 Å². The summed E-state index contributed by atoms with van der Waals surface area (Å²) < 4.78 is 0. The predicted molar refractivity (Wildman–Crippen MR) is 97.3 cm³/mol. The molecule has 3 rings (SSSR count). The van der Waals surface area contributed by atoms with E-state index in [4.69, 9.17) is 0 Å². The van der Waals surface area contributed by atoms with Crippen molar-refractivity contribution in [2.75, 3.05) is 5.32 Å². The van der Waals surface area contributed by atoms with E-state index in [-0.39, 0.29) is 5.57 Å². The first-order chi connectivity index (χ1) is 11.7. The molecule has 0 bridgehead atoms. The van der Waals surface area contributed by atoms with Gasteiger partial charge in [0.15, 0.2) is 0 Å². The largest absolute Gasteiger partial charge is 0.321 e. The number of nitrogens with zero attached hydrogens (tertiary/aromatic N) is 1. The smallest absolute Gasteiger partial charge is 0.266 e. The normalized spacial score (nSPS) is 11.1. The molecule has 116 valence electrons. The summed E-state index contributed by atoms with van der Waals surface area (Å²) in [5.41, 5.74) is 2.66. The van der Waals surface area contributed by atoms with Gasteiger partial charge in [0, 0.05) is 11.1 Å². The Morgan fingerprint density at radius 3 is 2.50 bits per heavy atom. The third-order valence-electron chi connectivity index (χ3n) is 3.89. The number of carbonyl (C=O) groups excluding carboxylic acids is 1. The average Bonchev–Trinajstić information content (AvgIpc) is 2.61. The lowest BCUT2D eigenvalue weighted by molar-refractivity contribution is -0.112. The maximum Gasteiger partial charge on any atom is 0.266 e. The molecule has 0 saturated heterocycles. The van der Waals surface area contributed by atoms with Crippen molar-refractivity contribution < 1.29 is 4.79 Å². The number of hydrogen-bond donors (Lipinski definition) is 1. The first kappa shape index (κ1) is 15.5. The van der Waals surface area contributed by atoms with Gasteiger partial charge in [0.05, 0.1) is 0 Å². The lowest BCUT2D eigenvalue weighted by Crippen LogP contribution is -2.13. The highest BCUT2D eigenvalue weighted by atomic mass is 16.1. The molecule has 0 radical (unpaired) electrons. The maximum absolute atomic E-state index is 12.5. The fourth-order valence-electron chi connectivity index (χ4n) is 2.58. The zero-order valence-electron chi connectivity index (χ0n) is 13.3. The average molecular weight is 312 g/mol. The summed E-state index contributed by atoms with van der Waals surface area (Å²) in [4.78, 5) is 12.5. The van der Waals surface area contributed by atoms with Crippen LogP contribution in [0.2, 0.25) is 0 Å². The highest BCUT2D eigenvalue weighted by Gasteiger charge is 2.11. The Balaban J connectivity index is 1.93. The molecular weight excluding hydrogens is 296 g/mol. The Kier molecular flexibility index (Phi) is 4.40.